The second kappa shape index (κ2) is 7.48. The number of ether oxygens (including phenoxy) is 1. The number of carbonyl (C=O) groups excluding carboxylic acids is 1. The highest BCUT2D eigenvalue weighted by molar-refractivity contribution is 5.92. The summed E-state index contributed by atoms with van der Waals surface area (Å²) in [5, 5.41) is 10.1. The second-order valence-electron chi connectivity index (χ2n) is 9.36. The third-order valence-electron chi connectivity index (χ3n) is 5.98. The Morgan fingerprint density at radius 3 is 2.62 bits per heavy atom. The Labute approximate surface area is 186 Å². The lowest BCUT2D eigenvalue weighted by Crippen LogP contribution is -2.57. The highest BCUT2D eigenvalue weighted by Crippen LogP contribution is 2.36. The van der Waals surface area contributed by atoms with E-state index in [0.717, 1.165) is 41.0 Å². The van der Waals surface area contributed by atoms with Crippen LogP contribution in [0.1, 0.15) is 39.3 Å². The predicted molar refractivity (Wildman–Crippen MR) is 119 cm³/mol. The molecular formula is C23H25N7O2. The number of rotatable bonds is 2. The Morgan fingerprint density at radius 2 is 1.94 bits per heavy atom. The first-order valence-corrected chi connectivity index (χ1v) is 10.8. The number of hydrogen-bond donors (Lipinski definition) is 1. The van der Waals surface area contributed by atoms with Gasteiger partial charge in [-0.15, -0.1) is 0 Å². The molecule has 2 aliphatic heterocycles. The van der Waals surface area contributed by atoms with Crippen LogP contribution >= 0.6 is 0 Å². The van der Waals surface area contributed by atoms with Crippen molar-refractivity contribution < 1.29 is 9.53 Å². The van der Waals surface area contributed by atoms with Crippen molar-refractivity contribution in [3.63, 3.8) is 0 Å². The average molecular weight is 432 g/mol. The standard InChI is InChI=1S/C23H25N7O2/c1-23(2,3)32-22(31)30-16-4-5-17(30)12-29(11-16)21-18-9-19(28-20(18)26-13-27-21)14-6-7-25-15(8-14)10-24/h6-9,13,16-17H,4-5,11-12H2,1-3H3,(H,26,27,28). The Morgan fingerprint density at radius 1 is 1.19 bits per heavy atom. The number of aromatic nitrogens is 4. The molecule has 0 spiro atoms. The van der Waals surface area contributed by atoms with Crippen LogP contribution in [0.25, 0.3) is 22.3 Å². The van der Waals surface area contributed by atoms with Crippen molar-refractivity contribution in [3.05, 3.63) is 36.4 Å². The molecule has 0 aromatic carbocycles. The van der Waals surface area contributed by atoms with Gasteiger partial charge in [-0.25, -0.2) is 19.7 Å². The van der Waals surface area contributed by atoms with E-state index in [1.54, 1.807) is 18.6 Å². The van der Waals surface area contributed by atoms with E-state index in [1.807, 2.05) is 37.8 Å². The summed E-state index contributed by atoms with van der Waals surface area (Å²) in [5.74, 6) is 0.854. The number of piperazine rings is 1. The average Bonchev–Trinajstić information content (AvgIpc) is 3.31. The van der Waals surface area contributed by atoms with E-state index in [4.69, 9.17) is 10.00 Å². The molecule has 5 rings (SSSR count). The number of fused-ring (bicyclic) bond motifs is 3. The van der Waals surface area contributed by atoms with Gasteiger partial charge in [-0.2, -0.15) is 5.26 Å². The van der Waals surface area contributed by atoms with Crippen LogP contribution in [0.15, 0.2) is 30.7 Å². The lowest BCUT2D eigenvalue weighted by atomic mass is 10.1. The number of carbonyl (C=O) groups is 1. The SMILES string of the molecule is CC(C)(C)OC(=O)N1C2CCC1CN(c1ncnc3[nH]c(-c4ccnc(C#N)c4)cc13)C2. The first kappa shape index (κ1) is 20.2. The molecule has 0 aliphatic carbocycles. The van der Waals surface area contributed by atoms with E-state index in [1.165, 1.54) is 0 Å². The van der Waals surface area contributed by atoms with Gasteiger partial charge in [0, 0.05) is 30.5 Å². The van der Waals surface area contributed by atoms with Crippen molar-refractivity contribution >= 4 is 22.9 Å². The quantitative estimate of drug-likeness (QED) is 0.661. The summed E-state index contributed by atoms with van der Waals surface area (Å²) in [5.41, 5.74) is 2.32. The van der Waals surface area contributed by atoms with Crippen LogP contribution in [0.5, 0.6) is 0 Å². The van der Waals surface area contributed by atoms with E-state index in [9.17, 15) is 4.79 Å². The van der Waals surface area contributed by atoms with E-state index >= 15 is 0 Å². The van der Waals surface area contributed by atoms with E-state index < -0.39 is 5.60 Å². The Balaban J connectivity index is 1.43. The van der Waals surface area contributed by atoms with Gasteiger partial charge in [0.15, 0.2) is 0 Å². The summed E-state index contributed by atoms with van der Waals surface area (Å²) >= 11 is 0. The van der Waals surface area contributed by atoms with E-state index in [-0.39, 0.29) is 18.2 Å². The maximum absolute atomic E-state index is 12.8. The first-order valence-electron chi connectivity index (χ1n) is 10.8. The molecule has 2 unspecified atom stereocenters. The molecule has 2 saturated heterocycles. The molecule has 2 fully saturated rings. The Kier molecular flexibility index (Phi) is 4.73. The fourth-order valence-corrected chi connectivity index (χ4v) is 4.68. The van der Waals surface area contributed by atoms with Gasteiger partial charge >= 0.3 is 6.09 Å². The molecule has 164 valence electrons. The van der Waals surface area contributed by atoms with Gasteiger partial charge in [-0.3, -0.25) is 4.90 Å². The third kappa shape index (κ3) is 3.62. The summed E-state index contributed by atoms with van der Waals surface area (Å²) < 4.78 is 5.65. The normalized spacial score (nSPS) is 20.4. The molecule has 9 heteroatoms. The zero-order valence-electron chi connectivity index (χ0n) is 18.4. The molecule has 1 amide bonds. The van der Waals surface area contributed by atoms with Crippen LogP contribution in [0.4, 0.5) is 10.6 Å². The number of nitriles is 1. The van der Waals surface area contributed by atoms with Gasteiger partial charge in [-0.1, -0.05) is 0 Å². The summed E-state index contributed by atoms with van der Waals surface area (Å²) in [6.07, 6.45) is 4.88. The van der Waals surface area contributed by atoms with Gasteiger partial charge in [0.25, 0.3) is 0 Å². The monoisotopic (exact) mass is 431 g/mol. The summed E-state index contributed by atoms with van der Waals surface area (Å²) in [4.78, 5) is 33.3. The number of H-pyrrole nitrogens is 1. The van der Waals surface area contributed by atoms with Crippen LogP contribution < -0.4 is 4.90 Å². The van der Waals surface area contributed by atoms with Crippen LogP contribution in [0.2, 0.25) is 0 Å². The minimum atomic E-state index is -0.508. The number of hydrogen-bond acceptors (Lipinski definition) is 7. The highest BCUT2D eigenvalue weighted by Gasteiger charge is 2.44. The third-order valence-corrected chi connectivity index (χ3v) is 5.98. The van der Waals surface area contributed by atoms with Gasteiger partial charge < -0.3 is 14.6 Å². The molecule has 0 radical (unpaired) electrons. The molecule has 3 aromatic heterocycles. The zero-order valence-corrected chi connectivity index (χ0v) is 18.4. The number of aromatic amines is 1. The van der Waals surface area contributed by atoms with Gasteiger partial charge in [0.2, 0.25) is 0 Å². The number of amides is 1. The van der Waals surface area contributed by atoms with Crippen molar-refractivity contribution in [2.45, 2.75) is 51.3 Å². The smallest absolute Gasteiger partial charge is 0.410 e. The minimum Gasteiger partial charge on any atom is -0.444 e. The van der Waals surface area contributed by atoms with Gasteiger partial charge in [0.1, 0.15) is 35.2 Å². The molecule has 9 nitrogen and oxygen atoms in total. The van der Waals surface area contributed by atoms with Gasteiger partial charge in [-0.05, 0) is 51.8 Å². The topological polar surface area (TPSA) is 111 Å². The van der Waals surface area contributed by atoms with Crippen LogP contribution in [0.3, 0.4) is 0 Å². The molecule has 2 bridgehead atoms. The largest absolute Gasteiger partial charge is 0.444 e. The maximum atomic E-state index is 12.8. The number of nitrogens with zero attached hydrogens (tertiary/aromatic N) is 6. The summed E-state index contributed by atoms with van der Waals surface area (Å²) in [7, 11) is 0. The van der Waals surface area contributed by atoms with Crippen LogP contribution in [0, 0.1) is 11.3 Å². The van der Waals surface area contributed by atoms with Crippen LogP contribution in [-0.2, 0) is 4.74 Å². The molecule has 2 aliphatic rings. The fourth-order valence-electron chi connectivity index (χ4n) is 4.68. The molecule has 3 aromatic rings. The summed E-state index contributed by atoms with van der Waals surface area (Å²) in [6, 6.07) is 7.90. The predicted octanol–water partition coefficient (Wildman–Crippen LogP) is 3.48. The van der Waals surface area contributed by atoms with Gasteiger partial charge in [0.05, 0.1) is 17.5 Å². The van der Waals surface area contributed by atoms with Crippen molar-refractivity contribution in [2.24, 2.45) is 0 Å². The Bertz CT molecular complexity index is 1210. The molecule has 5 heterocycles. The lowest BCUT2D eigenvalue weighted by Gasteiger charge is -2.41. The molecule has 2 atom stereocenters. The maximum Gasteiger partial charge on any atom is 0.410 e. The molecule has 32 heavy (non-hydrogen) atoms. The second-order valence-corrected chi connectivity index (χ2v) is 9.36. The van der Waals surface area contributed by atoms with Crippen molar-refractivity contribution in [1.82, 2.24) is 24.8 Å². The minimum absolute atomic E-state index is 0.102. The highest BCUT2D eigenvalue weighted by atomic mass is 16.6. The van der Waals surface area contributed by atoms with Crippen molar-refractivity contribution in [3.8, 4) is 17.3 Å². The first-order chi connectivity index (χ1) is 15.3. The number of anilines is 1. The molecular weight excluding hydrogens is 406 g/mol. The lowest BCUT2D eigenvalue weighted by molar-refractivity contribution is 0.0123. The van der Waals surface area contributed by atoms with Crippen molar-refractivity contribution in [1.29, 1.82) is 5.26 Å². The summed E-state index contributed by atoms with van der Waals surface area (Å²) in [6.45, 7) is 7.10. The number of pyridine rings is 1. The molecule has 1 N–H and O–H groups in total. The molecule has 0 saturated carbocycles. The Hall–Kier alpha value is -3.67. The zero-order chi connectivity index (χ0) is 22.5. The fraction of sp³-hybridized carbons (Fsp3) is 0.435. The number of nitrogens with one attached hydrogen (secondary N) is 1. The van der Waals surface area contributed by atoms with E-state index in [2.05, 4.69) is 30.9 Å². The van der Waals surface area contributed by atoms with Crippen molar-refractivity contribution in [2.75, 3.05) is 18.0 Å². The van der Waals surface area contributed by atoms with E-state index in [0.29, 0.717) is 18.8 Å². The van der Waals surface area contributed by atoms with Crippen LogP contribution in [-0.4, -0.2) is 61.7 Å².